The maximum Gasteiger partial charge on any atom is 0.303 e. The van der Waals surface area contributed by atoms with E-state index in [9.17, 15) is 9.90 Å². The van der Waals surface area contributed by atoms with Crippen LogP contribution in [0.2, 0.25) is 5.02 Å². The molecule has 1 aliphatic heterocycles. The lowest BCUT2D eigenvalue weighted by atomic mass is 9.71. The smallest absolute Gasteiger partial charge is 0.303 e. The average molecular weight is 559 g/mol. The largest absolute Gasteiger partial charge is 0.497 e. The number of aryl methyl sites for hydroxylation is 1. The van der Waals surface area contributed by atoms with Crippen molar-refractivity contribution in [3.63, 3.8) is 0 Å². The molecule has 3 aromatic rings. The van der Waals surface area contributed by atoms with Crippen LogP contribution in [-0.2, 0) is 4.79 Å². The van der Waals surface area contributed by atoms with Gasteiger partial charge in [-0.05, 0) is 99.7 Å². The van der Waals surface area contributed by atoms with Gasteiger partial charge in [-0.25, -0.2) is 4.39 Å². The summed E-state index contributed by atoms with van der Waals surface area (Å²) in [7, 11) is 1.57. The van der Waals surface area contributed by atoms with Crippen LogP contribution in [0.15, 0.2) is 53.6 Å². The van der Waals surface area contributed by atoms with Gasteiger partial charge in [0.15, 0.2) is 0 Å². The Labute approximate surface area is 233 Å². The number of pyridine rings is 1. The quantitative estimate of drug-likeness (QED) is 0.181. The van der Waals surface area contributed by atoms with E-state index in [0.29, 0.717) is 28.6 Å². The fourth-order valence-electron chi connectivity index (χ4n) is 5.47. The highest BCUT2D eigenvalue weighted by Gasteiger charge is 2.37. The van der Waals surface area contributed by atoms with Crippen LogP contribution in [0.5, 0.6) is 5.75 Å². The van der Waals surface area contributed by atoms with Crippen LogP contribution in [0.4, 0.5) is 4.39 Å². The van der Waals surface area contributed by atoms with E-state index in [-0.39, 0.29) is 17.9 Å². The second-order valence-corrected chi connectivity index (χ2v) is 11.8. The third kappa shape index (κ3) is 7.19. The van der Waals surface area contributed by atoms with Crippen molar-refractivity contribution >= 4 is 40.2 Å². The molecule has 8 heteroatoms. The molecule has 0 bridgehead atoms. The number of carboxylic acids is 1. The van der Waals surface area contributed by atoms with Crippen LogP contribution < -0.4 is 4.74 Å². The van der Waals surface area contributed by atoms with Crippen molar-refractivity contribution in [2.75, 3.05) is 32.5 Å². The number of nitrogens with zero attached hydrogens (tertiary/aromatic N) is 2. The topological polar surface area (TPSA) is 62.7 Å². The number of thioether (sulfide) groups is 1. The summed E-state index contributed by atoms with van der Waals surface area (Å²) < 4.78 is 21.1. The van der Waals surface area contributed by atoms with Crippen molar-refractivity contribution in [2.45, 2.75) is 56.5 Å². The Morgan fingerprint density at radius 2 is 2.03 bits per heavy atom. The molecule has 1 atom stereocenters. The molecule has 1 unspecified atom stereocenters. The van der Waals surface area contributed by atoms with E-state index in [1.165, 1.54) is 16.7 Å². The monoisotopic (exact) mass is 558 g/mol. The van der Waals surface area contributed by atoms with Gasteiger partial charge >= 0.3 is 5.97 Å². The maximum absolute atomic E-state index is 15.8. The summed E-state index contributed by atoms with van der Waals surface area (Å²) in [5.41, 5.74) is 1.96. The Morgan fingerprint density at radius 1 is 1.26 bits per heavy atom. The number of hydrogen-bond donors (Lipinski definition) is 1. The molecule has 1 fully saturated rings. The molecule has 4 rings (SSSR count). The number of alkyl halides is 1. The zero-order chi connectivity index (χ0) is 27.1. The second-order valence-electron chi connectivity index (χ2n) is 10.3. The lowest BCUT2D eigenvalue weighted by Gasteiger charge is -2.41. The van der Waals surface area contributed by atoms with Crippen LogP contribution in [0, 0.1) is 12.3 Å². The molecule has 0 radical (unpaired) electrons. The Bertz CT molecular complexity index is 1250. The predicted octanol–water partition coefficient (Wildman–Crippen LogP) is 7.74. The Kier molecular flexibility index (Phi) is 9.91. The zero-order valence-corrected chi connectivity index (χ0v) is 23.7. The number of carbonyl (C=O) groups is 1. The molecule has 1 saturated heterocycles. The molecular formula is C30H36ClFN2O3S. The molecule has 204 valence electrons. The summed E-state index contributed by atoms with van der Waals surface area (Å²) in [4.78, 5) is 19.9. The van der Waals surface area contributed by atoms with Gasteiger partial charge in [0, 0.05) is 22.0 Å². The Morgan fingerprint density at radius 3 is 2.74 bits per heavy atom. The molecule has 38 heavy (non-hydrogen) atoms. The molecule has 2 aromatic carbocycles. The predicted molar refractivity (Wildman–Crippen MR) is 153 cm³/mol. The normalized spacial score (nSPS) is 16.4. The van der Waals surface area contributed by atoms with E-state index in [4.69, 9.17) is 16.3 Å². The van der Waals surface area contributed by atoms with Gasteiger partial charge in [-0.1, -0.05) is 29.8 Å². The van der Waals surface area contributed by atoms with Gasteiger partial charge in [0.2, 0.25) is 0 Å². The first-order valence-corrected chi connectivity index (χ1v) is 14.6. The fourth-order valence-corrected chi connectivity index (χ4v) is 6.70. The van der Waals surface area contributed by atoms with Crippen molar-refractivity contribution in [3.05, 3.63) is 64.8 Å². The van der Waals surface area contributed by atoms with Gasteiger partial charge in [-0.15, -0.1) is 11.8 Å². The molecule has 0 saturated carbocycles. The fraction of sp³-hybridized carbons (Fsp3) is 0.467. The van der Waals surface area contributed by atoms with Crippen molar-refractivity contribution < 1.29 is 19.0 Å². The van der Waals surface area contributed by atoms with Crippen molar-refractivity contribution in [1.82, 2.24) is 9.88 Å². The van der Waals surface area contributed by atoms with Crippen LogP contribution in [0.25, 0.3) is 10.9 Å². The van der Waals surface area contributed by atoms with Gasteiger partial charge in [-0.3, -0.25) is 9.78 Å². The number of aromatic nitrogens is 1. The zero-order valence-electron chi connectivity index (χ0n) is 22.1. The molecule has 5 nitrogen and oxygen atoms in total. The lowest BCUT2D eigenvalue weighted by molar-refractivity contribution is -0.141. The van der Waals surface area contributed by atoms with Gasteiger partial charge in [0.1, 0.15) is 11.9 Å². The highest BCUT2D eigenvalue weighted by atomic mass is 35.5. The van der Waals surface area contributed by atoms with E-state index < -0.39 is 17.6 Å². The number of hydrogen-bond acceptors (Lipinski definition) is 5. The number of benzene rings is 2. The molecule has 1 aliphatic rings. The maximum atomic E-state index is 15.8. The highest BCUT2D eigenvalue weighted by Crippen LogP contribution is 2.44. The van der Waals surface area contributed by atoms with Gasteiger partial charge < -0.3 is 14.7 Å². The van der Waals surface area contributed by atoms with Crippen molar-refractivity contribution in [2.24, 2.45) is 5.41 Å². The van der Waals surface area contributed by atoms with Crippen LogP contribution in [0.1, 0.15) is 55.8 Å². The third-order valence-electron chi connectivity index (χ3n) is 7.72. The summed E-state index contributed by atoms with van der Waals surface area (Å²) in [5, 5.41) is 10.6. The number of halogens is 2. The number of aliphatic carboxylic acids is 1. The first kappa shape index (κ1) is 28.7. The highest BCUT2D eigenvalue weighted by molar-refractivity contribution is 7.99. The van der Waals surface area contributed by atoms with Crippen molar-refractivity contribution in [1.29, 1.82) is 0 Å². The molecule has 2 heterocycles. The minimum atomic E-state index is -1.32. The van der Waals surface area contributed by atoms with E-state index in [1.54, 1.807) is 25.3 Å². The molecule has 0 aliphatic carbocycles. The van der Waals surface area contributed by atoms with E-state index in [0.717, 1.165) is 44.6 Å². The summed E-state index contributed by atoms with van der Waals surface area (Å²) in [6.07, 6.45) is 3.55. The summed E-state index contributed by atoms with van der Waals surface area (Å²) >= 11 is 8.30. The molecule has 1 aromatic heterocycles. The van der Waals surface area contributed by atoms with Gasteiger partial charge in [0.05, 0.1) is 24.1 Å². The third-order valence-corrected chi connectivity index (χ3v) is 9.29. The first-order valence-electron chi connectivity index (χ1n) is 13.2. The van der Waals surface area contributed by atoms with Gasteiger partial charge in [-0.2, -0.15) is 0 Å². The lowest BCUT2D eigenvalue weighted by Crippen LogP contribution is -2.41. The molecule has 1 N–H and O–H groups in total. The van der Waals surface area contributed by atoms with Crippen LogP contribution >= 0.6 is 23.4 Å². The molecule has 0 spiro atoms. The number of fused-ring (bicyclic) bond motifs is 1. The Balaban J connectivity index is 1.35. The van der Waals surface area contributed by atoms with Gasteiger partial charge in [0.25, 0.3) is 0 Å². The first-order chi connectivity index (χ1) is 18.3. The summed E-state index contributed by atoms with van der Waals surface area (Å²) in [5.74, 6) is 0.846. The minimum Gasteiger partial charge on any atom is -0.497 e. The summed E-state index contributed by atoms with van der Waals surface area (Å²) in [6, 6.07) is 13.8. The molecular weight excluding hydrogens is 523 g/mol. The SMILES string of the molecule is COc1ccc2ncc(Cl)c(C(F)CCC3(CC(=O)O)CCN(CCCSc4ccccc4C)CC3)c2c1. The van der Waals surface area contributed by atoms with E-state index in [2.05, 4.69) is 41.1 Å². The number of rotatable bonds is 12. The molecule has 0 amide bonds. The number of likely N-dealkylation sites (tertiary alicyclic amines) is 1. The van der Waals surface area contributed by atoms with Crippen LogP contribution in [0.3, 0.4) is 0 Å². The average Bonchev–Trinajstić information content (AvgIpc) is 2.91. The second kappa shape index (κ2) is 13.1. The number of ether oxygens (including phenoxy) is 1. The van der Waals surface area contributed by atoms with Crippen molar-refractivity contribution in [3.8, 4) is 5.75 Å². The standard InChI is InChI=1S/C30H36ClFN2O3S/c1-21-6-3-4-7-27(21)38-17-5-14-34-15-12-30(13-16-34,19-28(35)36)11-10-25(32)29-23-18-22(37-2)8-9-26(23)33-20-24(29)31/h3-4,6-9,18,20,25H,5,10-17,19H2,1-2H3,(H,35,36). The number of carboxylic acid groups (broad SMARTS) is 1. The number of methoxy groups -OCH3 is 1. The minimum absolute atomic E-state index is 0.0648. The van der Waals surface area contributed by atoms with E-state index in [1.807, 2.05) is 11.8 Å². The van der Waals surface area contributed by atoms with Crippen LogP contribution in [-0.4, -0.2) is 53.5 Å². The van der Waals surface area contributed by atoms with E-state index >= 15 is 4.39 Å². The Hall–Kier alpha value is -2.35. The summed E-state index contributed by atoms with van der Waals surface area (Å²) in [6.45, 7) is 4.82. The number of piperidine rings is 1.